The van der Waals surface area contributed by atoms with Gasteiger partial charge in [-0.1, -0.05) is 18.2 Å². The zero-order valence-corrected chi connectivity index (χ0v) is 13.6. The SMILES string of the molecule is COc1ccc2cc(-c3c(N)nc(N)nc3SC)ccc2c1N. The van der Waals surface area contributed by atoms with E-state index in [4.69, 9.17) is 21.9 Å². The van der Waals surface area contributed by atoms with Gasteiger partial charge in [0.15, 0.2) is 0 Å². The van der Waals surface area contributed by atoms with Gasteiger partial charge in [0.25, 0.3) is 0 Å². The van der Waals surface area contributed by atoms with Crippen molar-refractivity contribution in [2.75, 3.05) is 30.6 Å². The summed E-state index contributed by atoms with van der Waals surface area (Å²) in [5.41, 5.74) is 20.2. The van der Waals surface area contributed by atoms with Crippen molar-refractivity contribution in [2.45, 2.75) is 5.03 Å². The summed E-state index contributed by atoms with van der Waals surface area (Å²) in [5, 5.41) is 2.66. The van der Waals surface area contributed by atoms with Crippen LogP contribution < -0.4 is 21.9 Å². The van der Waals surface area contributed by atoms with Crippen LogP contribution in [0.4, 0.5) is 17.5 Å². The Bertz CT molecular complexity index is 897. The van der Waals surface area contributed by atoms with Crippen LogP contribution in [0.25, 0.3) is 21.9 Å². The van der Waals surface area contributed by atoms with E-state index in [0.717, 1.165) is 26.9 Å². The Labute approximate surface area is 138 Å². The van der Waals surface area contributed by atoms with E-state index in [1.165, 1.54) is 11.8 Å². The molecule has 6 N–H and O–H groups in total. The van der Waals surface area contributed by atoms with Crippen molar-refractivity contribution in [3.05, 3.63) is 30.3 Å². The van der Waals surface area contributed by atoms with Crippen molar-refractivity contribution >= 4 is 40.0 Å². The molecule has 6 nitrogen and oxygen atoms in total. The summed E-state index contributed by atoms with van der Waals surface area (Å²) < 4.78 is 5.25. The molecule has 0 fully saturated rings. The first-order valence-corrected chi connectivity index (χ1v) is 8.11. The minimum atomic E-state index is 0.172. The van der Waals surface area contributed by atoms with Crippen LogP contribution in [-0.2, 0) is 0 Å². The lowest BCUT2D eigenvalue weighted by Gasteiger charge is -2.12. The van der Waals surface area contributed by atoms with Crippen molar-refractivity contribution in [3.8, 4) is 16.9 Å². The fourth-order valence-corrected chi connectivity index (χ4v) is 3.17. The van der Waals surface area contributed by atoms with Gasteiger partial charge in [-0.2, -0.15) is 4.98 Å². The zero-order chi connectivity index (χ0) is 16.6. The maximum atomic E-state index is 6.13. The maximum absolute atomic E-state index is 6.13. The number of thioether (sulfide) groups is 1. The van der Waals surface area contributed by atoms with Crippen LogP contribution in [-0.4, -0.2) is 23.3 Å². The van der Waals surface area contributed by atoms with Crippen LogP contribution in [0.2, 0.25) is 0 Å². The highest BCUT2D eigenvalue weighted by Gasteiger charge is 2.14. The number of hydrogen-bond acceptors (Lipinski definition) is 7. The maximum Gasteiger partial charge on any atom is 0.223 e. The third-order valence-electron chi connectivity index (χ3n) is 3.64. The summed E-state index contributed by atoms with van der Waals surface area (Å²) >= 11 is 1.48. The molecular formula is C16H17N5OS. The molecule has 0 aliphatic heterocycles. The molecule has 2 aromatic carbocycles. The highest BCUT2D eigenvalue weighted by molar-refractivity contribution is 7.98. The number of benzene rings is 2. The average molecular weight is 327 g/mol. The molecule has 0 radical (unpaired) electrons. The van der Waals surface area contributed by atoms with E-state index in [1.807, 2.05) is 36.6 Å². The van der Waals surface area contributed by atoms with Gasteiger partial charge >= 0.3 is 0 Å². The minimum absolute atomic E-state index is 0.172. The monoisotopic (exact) mass is 327 g/mol. The Hall–Kier alpha value is -2.67. The van der Waals surface area contributed by atoms with Gasteiger partial charge in [-0.25, -0.2) is 4.98 Å². The van der Waals surface area contributed by atoms with Gasteiger partial charge in [0.1, 0.15) is 16.6 Å². The molecule has 0 atom stereocenters. The molecule has 0 aliphatic rings. The van der Waals surface area contributed by atoms with Crippen LogP contribution in [0, 0.1) is 0 Å². The smallest absolute Gasteiger partial charge is 0.223 e. The molecule has 0 unspecified atom stereocenters. The van der Waals surface area contributed by atoms with Crippen LogP contribution in [0.1, 0.15) is 0 Å². The van der Waals surface area contributed by atoms with E-state index >= 15 is 0 Å². The number of methoxy groups -OCH3 is 1. The van der Waals surface area contributed by atoms with E-state index in [2.05, 4.69) is 9.97 Å². The zero-order valence-electron chi connectivity index (χ0n) is 12.8. The average Bonchev–Trinajstić information content (AvgIpc) is 2.54. The molecule has 1 aromatic heterocycles. The van der Waals surface area contributed by atoms with Gasteiger partial charge < -0.3 is 21.9 Å². The summed E-state index contributed by atoms with van der Waals surface area (Å²) in [6.07, 6.45) is 1.93. The molecule has 0 spiro atoms. The lowest BCUT2D eigenvalue weighted by atomic mass is 10.0. The van der Waals surface area contributed by atoms with Crippen molar-refractivity contribution in [1.82, 2.24) is 9.97 Å². The summed E-state index contributed by atoms with van der Waals surface area (Å²) in [7, 11) is 1.60. The van der Waals surface area contributed by atoms with Gasteiger partial charge in [0.2, 0.25) is 5.95 Å². The summed E-state index contributed by atoms with van der Waals surface area (Å²) in [6, 6.07) is 9.71. The fourth-order valence-electron chi connectivity index (χ4n) is 2.56. The Morgan fingerprint density at radius 2 is 1.83 bits per heavy atom. The first kappa shape index (κ1) is 15.2. The highest BCUT2D eigenvalue weighted by Crippen LogP contribution is 2.37. The van der Waals surface area contributed by atoms with Crippen LogP contribution >= 0.6 is 11.8 Å². The van der Waals surface area contributed by atoms with Crippen LogP contribution in [0.15, 0.2) is 35.4 Å². The highest BCUT2D eigenvalue weighted by atomic mass is 32.2. The van der Waals surface area contributed by atoms with Crippen molar-refractivity contribution < 1.29 is 4.74 Å². The Kier molecular flexibility index (Phi) is 3.87. The van der Waals surface area contributed by atoms with Crippen molar-refractivity contribution in [1.29, 1.82) is 0 Å². The predicted octanol–water partition coefficient (Wildman–Crippen LogP) is 2.77. The number of nitrogen functional groups attached to an aromatic ring is 3. The second-order valence-electron chi connectivity index (χ2n) is 4.97. The van der Waals surface area contributed by atoms with E-state index in [0.29, 0.717) is 17.3 Å². The van der Waals surface area contributed by atoms with Crippen LogP contribution in [0.3, 0.4) is 0 Å². The molecule has 3 aromatic rings. The van der Waals surface area contributed by atoms with E-state index < -0.39 is 0 Å². The molecule has 0 saturated heterocycles. The van der Waals surface area contributed by atoms with E-state index in [1.54, 1.807) is 7.11 Å². The molecule has 0 saturated carbocycles. The number of nitrogens with two attached hydrogens (primary N) is 3. The van der Waals surface area contributed by atoms with Gasteiger partial charge in [0, 0.05) is 5.39 Å². The molecule has 3 rings (SSSR count). The number of anilines is 3. The Morgan fingerprint density at radius 3 is 2.52 bits per heavy atom. The van der Waals surface area contributed by atoms with Gasteiger partial charge in [0.05, 0.1) is 18.4 Å². The third-order valence-corrected chi connectivity index (χ3v) is 4.33. The molecular weight excluding hydrogens is 310 g/mol. The van der Waals surface area contributed by atoms with Crippen molar-refractivity contribution in [3.63, 3.8) is 0 Å². The van der Waals surface area contributed by atoms with E-state index in [-0.39, 0.29) is 5.95 Å². The molecule has 0 amide bonds. The number of nitrogens with zero attached hydrogens (tertiary/aromatic N) is 2. The quantitative estimate of drug-likeness (QED) is 0.385. The lowest BCUT2D eigenvalue weighted by Crippen LogP contribution is -2.03. The normalized spacial score (nSPS) is 10.9. The molecule has 1 heterocycles. The molecule has 0 bridgehead atoms. The second kappa shape index (κ2) is 5.85. The topological polar surface area (TPSA) is 113 Å². The van der Waals surface area contributed by atoms with Gasteiger partial charge in [-0.15, -0.1) is 11.8 Å². The first-order valence-electron chi connectivity index (χ1n) is 6.88. The number of aromatic nitrogens is 2. The third kappa shape index (κ3) is 2.59. The number of hydrogen-bond donors (Lipinski definition) is 3. The largest absolute Gasteiger partial charge is 0.495 e. The van der Waals surface area contributed by atoms with E-state index in [9.17, 15) is 0 Å². The second-order valence-corrected chi connectivity index (χ2v) is 5.76. The summed E-state index contributed by atoms with van der Waals surface area (Å²) in [6.45, 7) is 0. The molecule has 7 heteroatoms. The number of rotatable bonds is 3. The summed E-state index contributed by atoms with van der Waals surface area (Å²) in [5.74, 6) is 1.19. The van der Waals surface area contributed by atoms with Gasteiger partial charge in [-0.3, -0.25) is 0 Å². The first-order chi connectivity index (χ1) is 11.0. The fraction of sp³-hybridized carbons (Fsp3) is 0.125. The molecule has 23 heavy (non-hydrogen) atoms. The van der Waals surface area contributed by atoms with Crippen LogP contribution in [0.5, 0.6) is 5.75 Å². The number of ether oxygens (including phenoxy) is 1. The predicted molar refractivity (Wildman–Crippen MR) is 96.5 cm³/mol. The molecule has 118 valence electrons. The Balaban J connectivity index is 2.23. The standard InChI is InChI=1S/C16H17N5OS/c1-22-11-6-4-8-7-9(3-5-10(8)13(11)17)12-14(18)20-16(19)21-15(12)23-2/h3-7H,17H2,1-2H3,(H4,18,19,20,21). The number of fused-ring (bicyclic) bond motifs is 1. The minimum Gasteiger partial charge on any atom is -0.495 e. The van der Waals surface area contributed by atoms with Crippen molar-refractivity contribution in [2.24, 2.45) is 0 Å². The molecule has 0 aliphatic carbocycles. The lowest BCUT2D eigenvalue weighted by molar-refractivity contribution is 0.417. The van der Waals surface area contributed by atoms with Gasteiger partial charge in [-0.05, 0) is 29.3 Å². The summed E-state index contributed by atoms with van der Waals surface area (Å²) in [4.78, 5) is 8.33. The Morgan fingerprint density at radius 1 is 1.04 bits per heavy atom.